The number of ketones is 2. The average molecular weight is 454 g/mol. The molecule has 154 valence electrons. The summed E-state index contributed by atoms with van der Waals surface area (Å²) in [5.41, 5.74) is 1.07. The van der Waals surface area contributed by atoms with E-state index in [4.69, 9.17) is 27.9 Å². The number of carbonyl (C=O) groups excluding carboxylic acids is 4. The highest BCUT2D eigenvalue weighted by atomic mass is 35.5. The van der Waals surface area contributed by atoms with E-state index < -0.39 is 18.5 Å². The van der Waals surface area contributed by atoms with Crippen LogP contribution in [0.15, 0.2) is 60.7 Å². The Morgan fingerprint density at radius 3 is 2.26 bits per heavy atom. The van der Waals surface area contributed by atoms with Crippen molar-refractivity contribution in [3.8, 4) is 0 Å². The van der Waals surface area contributed by atoms with Crippen molar-refractivity contribution in [3.63, 3.8) is 0 Å². The van der Waals surface area contributed by atoms with E-state index in [1.165, 1.54) is 30.3 Å². The Labute approximate surface area is 186 Å². The molecule has 1 aliphatic carbocycles. The highest BCUT2D eigenvalue weighted by Crippen LogP contribution is 2.32. The number of halogens is 2. The Morgan fingerprint density at radius 1 is 0.839 bits per heavy atom. The smallest absolute Gasteiger partial charge is 0.340 e. The van der Waals surface area contributed by atoms with Crippen molar-refractivity contribution < 1.29 is 23.9 Å². The van der Waals surface area contributed by atoms with Crippen LogP contribution in [0.3, 0.4) is 0 Å². The maximum atomic E-state index is 13.0. The first-order valence-electron chi connectivity index (χ1n) is 9.10. The Morgan fingerprint density at radius 2 is 1.52 bits per heavy atom. The summed E-state index contributed by atoms with van der Waals surface area (Å²) in [6, 6.07) is 15.4. The molecular formula is C23H13Cl2NO5. The summed E-state index contributed by atoms with van der Waals surface area (Å²) in [4.78, 5) is 50.3. The van der Waals surface area contributed by atoms with Gasteiger partial charge in [-0.25, -0.2) is 4.79 Å². The average Bonchev–Trinajstić information content (AvgIpc) is 2.77. The Kier molecular flexibility index (Phi) is 5.59. The lowest BCUT2D eigenvalue weighted by atomic mass is 9.83. The zero-order valence-electron chi connectivity index (χ0n) is 15.8. The molecule has 0 unspecified atom stereocenters. The molecule has 0 aliphatic heterocycles. The van der Waals surface area contributed by atoms with Crippen molar-refractivity contribution in [2.24, 2.45) is 0 Å². The fourth-order valence-corrected chi connectivity index (χ4v) is 3.67. The molecule has 4 rings (SSSR count). The molecule has 1 N–H and O–H groups in total. The first kappa shape index (κ1) is 20.8. The lowest BCUT2D eigenvalue weighted by Gasteiger charge is -2.20. The second kappa shape index (κ2) is 8.34. The molecule has 0 heterocycles. The van der Waals surface area contributed by atoms with Crippen LogP contribution in [0.25, 0.3) is 0 Å². The van der Waals surface area contributed by atoms with Crippen molar-refractivity contribution in [2.45, 2.75) is 0 Å². The van der Waals surface area contributed by atoms with Crippen LogP contribution in [0, 0.1) is 0 Å². The lowest BCUT2D eigenvalue weighted by Crippen LogP contribution is -2.26. The van der Waals surface area contributed by atoms with Gasteiger partial charge in [-0.15, -0.1) is 0 Å². The number of carbonyl (C=O) groups is 4. The van der Waals surface area contributed by atoms with E-state index in [-0.39, 0.29) is 44.5 Å². The van der Waals surface area contributed by atoms with E-state index in [2.05, 4.69) is 5.32 Å². The van der Waals surface area contributed by atoms with E-state index in [0.29, 0.717) is 10.6 Å². The summed E-state index contributed by atoms with van der Waals surface area (Å²) >= 11 is 11.8. The molecule has 6 nitrogen and oxygen atoms in total. The van der Waals surface area contributed by atoms with Gasteiger partial charge in [-0.1, -0.05) is 59.6 Å². The summed E-state index contributed by atoms with van der Waals surface area (Å²) in [7, 11) is 0. The number of anilines is 1. The molecule has 0 radical (unpaired) electrons. The molecule has 31 heavy (non-hydrogen) atoms. The molecule has 0 saturated carbocycles. The zero-order valence-corrected chi connectivity index (χ0v) is 17.3. The quantitative estimate of drug-likeness (QED) is 0.457. The largest absolute Gasteiger partial charge is 0.452 e. The van der Waals surface area contributed by atoms with Gasteiger partial charge in [-0.2, -0.15) is 0 Å². The molecule has 1 amide bonds. The second-order valence-corrected chi connectivity index (χ2v) is 7.52. The van der Waals surface area contributed by atoms with Crippen LogP contribution in [0.2, 0.25) is 10.0 Å². The van der Waals surface area contributed by atoms with E-state index in [1.54, 1.807) is 30.3 Å². The highest BCUT2D eigenvalue weighted by molar-refractivity contribution is 6.35. The van der Waals surface area contributed by atoms with Gasteiger partial charge in [0.1, 0.15) is 0 Å². The number of rotatable bonds is 4. The van der Waals surface area contributed by atoms with Crippen LogP contribution in [0.1, 0.15) is 42.2 Å². The Hall–Kier alpha value is -3.48. The summed E-state index contributed by atoms with van der Waals surface area (Å²) in [6.45, 7) is -0.621. The minimum atomic E-state index is -0.821. The van der Waals surface area contributed by atoms with Gasteiger partial charge in [0, 0.05) is 21.7 Å². The number of amides is 1. The first-order valence-corrected chi connectivity index (χ1v) is 9.86. The fraction of sp³-hybridized carbons (Fsp3) is 0.0435. The van der Waals surface area contributed by atoms with E-state index in [9.17, 15) is 19.2 Å². The monoisotopic (exact) mass is 453 g/mol. The highest BCUT2D eigenvalue weighted by Gasteiger charge is 2.31. The van der Waals surface area contributed by atoms with Crippen LogP contribution in [-0.4, -0.2) is 30.0 Å². The standard InChI is InChI=1S/C23H13Cl2NO5/c24-12-8-9-17(25)16(10-12)23(30)31-11-19(27)26-18-7-3-6-15-20(18)22(29)14-5-2-1-4-13(14)21(15)28/h1-10H,11H2,(H,26,27). The van der Waals surface area contributed by atoms with Gasteiger partial charge >= 0.3 is 5.97 Å². The van der Waals surface area contributed by atoms with Gasteiger partial charge in [-0.05, 0) is 24.3 Å². The van der Waals surface area contributed by atoms with Gasteiger partial charge in [0.25, 0.3) is 5.91 Å². The van der Waals surface area contributed by atoms with Crippen molar-refractivity contribution in [1.82, 2.24) is 0 Å². The van der Waals surface area contributed by atoms with E-state index in [1.807, 2.05) is 0 Å². The van der Waals surface area contributed by atoms with Crippen LogP contribution in [-0.2, 0) is 9.53 Å². The fourth-order valence-electron chi connectivity index (χ4n) is 3.30. The third-order valence-corrected chi connectivity index (χ3v) is 5.27. The summed E-state index contributed by atoms with van der Waals surface area (Å²) in [5.74, 6) is -2.18. The third kappa shape index (κ3) is 3.95. The second-order valence-electron chi connectivity index (χ2n) is 6.68. The number of esters is 1. The molecule has 1 aliphatic rings. The van der Waals surface area contributed by atoms with Gasteiger partial charge in [0.2, 0.25) is 0 Å². The Balaban J connectivity index is 1.52. The van der Waals surface area contributed by atoms with Crippen molar-refractivity contribution in [2.75, 3.05) is 11.9 Å². The Bertz CT molecular complexity index is 1270. The van der Waals surface area contributed by atoms with Crippen molar-refractivity contribution >= 4 is 52.3 Å². The molecule has 0 bridgehead atoms. The maximum Gasteiger partial charge on any atom is 0.340 e. The molecule has 0 spiro atoms. The predicted molar refractivity (Wildman–Crippen MR) is 115 cm³/mol. The molecule has 0 fully saturated rings. The molecule has 0 atom stereocenters. The first-order chi connectivity index (χ1) is 14.9. The van der Waals surface area contributed by atoms with Gasteiger partial charge < -0.3 is 10.1 Å². The number of ether oxygens (including phenoxy) is 1. The van der Waals surface area contributed by atoms with Crippen LogP contribution in [0.4, 0.5) is 5.69 Å². The molecule has 0 aromatic heterocycles. The minimum Gasteiger partial charge on any atom is -0.452 e. The van der Waals surface area contributed by atoms with Crippen LogP contribution < -0.4 is 5.32 Å². The van der Waals surface area contributed by atoms with Crippen LogP contribution >= 0.6 is 23.2 Å². The number of hydrogen-bond donors (Lipinski definition) is 1. The van der Waals surface area contributed by atoms with Crippen molar-refractivity contribution in [1.29, 1.82) is 0 Å². The summed E-state index contributed by atoms with van der Waals surface area (Å²) < 4.78 is 5.00. The SMILES string of the molecule is O=C(COC(=O)c1cc(Cl)ccc1Cl)Nc1cccc2c1C(=O)c1ccccc1C2=O. The third-order valence-electron chi connectivity index (χ3n) is 4.71. The van der Waals surface area contributed by atoms with Gasteiger partial charge in [0.05, 0.1) is 21.8 Å². The topological polar surface area (TPSA) is 89.5 Å². The normalized spacial score (nSPS) is 12.1. The number of fused-ring (bicyclic) bond motifs is 2. The maximum absolute atomic E-state index is 13.0. The predicted octanol–water partition coefficient (Wildman–Crippen LogP) is 4.56. The van der Waals surface area contributed by atoms with Crippen LogP contribution in [0.5, 0.6) is 0 Å². The molecule has 3 aromatic carbocycles. The van der Waals surface area contributed by atoms with Crippen molar-refractivity contribution in [3.05, 3.63) is 98.5 Å². The molecule has 8 heteroatoms. The molecule has 0 saturated heterocycles. The zero-order chi connectivity index (χ0) is 22.1. The molecular weight excluding hydrogens is 441 g/mol. The van der Waals surface area contributed by atoms with E-state index >= 15 is 0 Å². The molecule has 3 aromatic rings. The number of hydrogen-bond acceptors (Lipinski definition) is 5. The minimum absolute atomic E-state index is 0.0245. The van der Waals surface area contributed by atoms with E-state index in [0.717, 1.165) is 0 Å². The van der Waals surface area contributed by atoms with Gasteiger partial charge in [0.15, 0.2) is 18.2 Å². The number of nitrogens with one attached hydrogen (secondary N) is 1. The summed E-state index contributed by atoms with van der Waals surface area (Å²) in [5, 5.41) is 2.96. The lowest BCUT2D eigenvalue weighted by molar-refractivity contribution is -0.119. The van der Waals surface area contributed by atoms with Gasteiger partial charge in [-0.3, -0.25) is 14.4 Å². The summed E-state index contributed by atoms with van der Waals surface area (Å²) in [6.07, 6.45) is 0. The number of benzene rings is 3.